The maximum atomic E-state index is 12.8. The summed E-state index contributed by atoms with van der Waals surface area (Å²) in [6.07, 6.45) is 1.62. The molecule has 1 aromatic carbocycles. The molecule has 1 aromatic heterocycles. The second kappa shape index (κ2) is 4.51. The van der Waals surface area contributed by atoms with Gasteiger partial charge < -0.3 is 5.73 Å². The van der Waals surface area contributed by atoms with Crippen LogP contribution in [-0.2, 0) is 0 Å². The Hall–Kier alpha value is -0.940. The van der Waals surface area contributed by atoms with Crippen LogP contribution in [0.4, 0.5) is 10.2 Å². The number of halogens is 3. The second-order valence-electron chi connectivity index (χ2n) is 3.19. The molecule has 0 saturated carbocycles. The van der Waals surface area contributed by atoms with E-state index in [0.29, 0.717) is 10.3 Å². The molecule has 2 N–H and O–H groups in total. The fourth-order valence-corrected chi connectivity index (χ4v) is 2.70. The summed E-state index contributed by atoms with van der Waals surface area (Å²) in [6.45, 7) is 0. The molecular weight excluding hydrogens is 339 g/mol. The van der Waals surface area contributed by atoms with Crippen LogP contribution < -0.4 is 5.73 Å². The van der Waals surface area contributed by atoms with Gasteiger partial charge in [-0.3, -0.25) is 0 Å². The Morgan fingerprint density at radius 2 is 1.75 bits per heavy atom. The Balaban J connectivity index is 2.63. The highest BCUT2D eigenvalue weighted by Gasteiger charge is 2.11. The van der Waals surface area contributed by atoms with Gasteiger partial charge in [-0.05, 0) is 49.6 Å². The minimum Gasteiger partial charge on any atom is -0.383 e. The first-order valence-corrected chi connectivity index (χ1v) is 6.03. The van der Waals surface area contributed by atoms with E-state index in [1.807, 2.05) is 0 Å². The number of rotatable bonds is 1. The van der Waals surface area contributed by atoms with Gasteiger partial charge in [-0.25, -0.2) is 9.37 Å². The van der Waals surface area contributed by atoms with Gasteiger partial charge in [-0.15, -0.1) is 0 Å². The van der Waals surface area contributed by atoms with Crippen molar-refractivity contribution in [2.75, 3.05) is 5.73 Å². The Morgan fingerprint density at radius 3 is 2.38 bits per heavy atom. The highest BCUT2D eigenvalue weighted by molar-refractivity contribution is 9.11. The van der Waals surface area contributed by atoms with E-state index in [1.165, 1.54) is 12.1 Å². The molecule has 0 bridgehead atoms. The van der Waals surface area contributed by atoms with Gasteiger partial charge in [-0.2, -0.15) is 0 Å². The lowest BCUT2D eigenvalue weighted by molar-refractivity contribution is 0.628. The molecule has 0 atom stereocenters. The van der Waals surface area contributed by atoms with Crippen molar-refractivity contribution in [2.24, 2.45) is 0 Å². The molecule has 0 aliphatic carbocycles. The fourth-order valence-electron chi connectivity index (χ4n) is 1.36. The molecule has 82 valence electrons. The summed E-state index contributed by atoms with van der Waals surface area (Å²) in [6, 6.07) is 6.20. The SMILES string of the molecule is Nc1ncc(Br)c(-c2ccc(F)cc2)c1Br. The summed E-state index contributed by atoms with van der Waals surface area (Å²) >= 11 is 6.77. The van der Waals surface area contributed by atoms with Crippen molar-refractivity contribution in [3.05, 3.63) is 45.2 Å². The lowest BCUT2D eigenvalue weighted by Gasteiger charge is -2.08. The van der Waals surface area contributed by atoms with E-state index in [1.54, 1.807) is 18.3 Å². The molecule has 1 heterocycles. The number of pyridine rings is 1. The summed E-state index contributed by atoms with van der Waals surface area (Å²) < 4.78 is 14.3. The van der Waals surface area contributed by atoms with Crippen molar-refractivity contribution < 1.29 is 4.39 Å². The van der Waals surface area contributed by atoms with Crippen molar-refractivity contribution in [2.45, 2.75) is 0 Å². The van der Waals surface area contributed by atoms with Crippen LogP contribution in [0.2, 0.25) is 0 Å². The zero-order valence-electron chi connectivity index (χ0n) is 8.05. The number of nitrogen functional groups attached to an aromatic ring is 1. The number of anilines is 1. The van der Waals surface area contributed by atoms with E-state index in [-0.39, 0.29) is 5.82 Å². The first-order valence-electron chi connectivity index (χ1n) is 4.45. The van der Waals surface area contributed by atoms with E-state index >= 15 is 0 Å². The lowest BCUT2D eigenvalue weighted by atomic mass is 10.1. The highest BCUT2D eigenvalue weighted by Crippen LogP contribution is 2.37. The molecule has 0 saturated heterocycles. The maximum absolute atomic E-state index is 12.8. The highest BCUT2D eigenvalue weighted by atomic mass is 79.9. The number of hydrogen-bond donors (Lipinski definition) is 1. The molecule has 5 heteroatoms. The Labute approximate surface area is 109 Å². The zero-order chi connectivity index (χ0) is 11.7. The lowest BCUT2D eigenvalue weighted by Crippen LogP contribution is -1.94. The first-order chi connectivity index (χ1) is 7.59. The molecule has 0 radical (unpaired) electrons. The molecule has 0 spiro atoms. The van der Waals surface area contributed by atoms with Gasteiger partial charge in [0.2, 0.25) is 0 Å². The van der Waals surface area contributed by atoms with Crippen LogP contribution in [0.25, 0.3) is 11.1 Å². The van der Waals surface area contributed by atoms with E-state index in [2.05, 4.69) is 36.8 Å². The molecule has 2 rings (SSSR count). The number of benzene rings is 1. The van der Waals surface area contributed by atoms with Crippen molar-refractivity contribution in [1.82, 2.24) is 4.98 Å². The molecule has 16 heavy (non-hydrogen) atoms. The van der Waals surface area contributed by atoms with E-state index in [4.69, 9.17) is 5.73 Å². The molecule has 0 fully saturated rings. The fraction of sp³-hybridized carbons (Fsp3) is 0. The van der Waals surface area contributed by atoms with Gasteiger partial charge in [0.05, 0.1) is 4.47 Å². The zero-order valence-corrected chi connectivity index (χ0v) is 11.2. The summed E-state index contributed by atoms with van der Waals surface area (Å²) in [5.41, 5.74) is 7.44. The number of nitrogens with zero attached hydrogens (tertiary/aromatic N) is 1. The standard InChI is InChI=1S/C11H7Br2FN2/c12-8-5-16-11(15)10(13)9(8)6-1-3-7(14)4-2-6/h1-5H,(H2,15,16). The third kappa shape index (κ3) is 2.10. The third-order valence-electron chi connectivity index (χ3n) is 2.13. The summed E-state index contributed by atoms with van der Waals surface area (Å²) in [7, 11) is 0. The van der Waals surface area contributed by atoms with Gasteiger partial charge in [0, 0.05) is 16.2 Å². The average Bonchev–Trinajstić information content (AvgIpc) is 2.27. The summed E-state index contributed by atoms with van der Waals surface area (Å²) in [5, 5.41) is 0. The largest absolute Gasteiger partial charge is 0.383 e. The van der Waals surface area contributed by atoms with Crippen LogP contribution in [0.15, 0.2) is 39.4 Å². The first kappa shape index (κ1) is 11.5. The third-order valence-corrected chi connectivity index (χ3v) is 3.54. The maximum Gasteiger partial charge on any atom is 0.138 e. The Morgan fingerprint density at radius 1 is 1.12 bits per heavy atom. The molecule has 2 aromatic rings. The average molecular weight is 346 g/mol. The molecule has 0 unspecified atom stereocenters. The van der Waals surface area contributed by atoms with Gasteiger partial charge in [-0.1, -0.05) is 12.1 Å². The number of nitrogens with two attached hydrogens (primary N) is 1. The molecule has 0 aliphatic heterocycles. The van der Waals surface area contributed by atoms with Crippen LogP contribution in [0.5, 0.6) is 0 Å². The van der Waals surface area contributed by atoms with Crippen LogP contribution in [-0.4, -0.2) is 4.98 Å². The van der Waals surface area contributed by atoms with Gasteiger partial charge in [0.1, 0.15) is 11.6 Å². The summed E-state index contributed by atoms with van der Waals surface area (Å²) in [4.78, 5) is 3.99. The Bertz CT molecular complexity index is 526. The Kier molecular flexibility index (Phi) is 3.25. The van der Waals surface area contributed by atoms with Crippen LogP contribution in [0.1, 0.15) is 0 Å². The monoisotopic (exact) mass is 344 g/mol. The molecular formula is C11H7Br2FN2. The van der Waals surface area contributed by atoms with Crippen LogP contribution >= 0.6 is 31.9 Å². The molecule has 0 aliphatic rings. The summed E-state index contributed by atoms with van der Waals surface area (Å²) in [5.74, 6) is 0.139. The minimum atomic E-state index is -0.266. The van der Waals surface area contributed by atoms with Gasteiger partial charge in [0.25, 0.3) is 0 Å². The predicted octanol–water partition coefficient (Wildman–Crippen LogP) is 3.99. The predicted molar refractivity (Wildman–Crippen MR) is 69.4 cm³/mol. The molecule has 2 nitrogen and oxygen atoms in total. The van der Waals surface area contributed by atoms with Crippen molar-refractivity contribution >= 4 is 37.7 Å². The quantitative estimate of drug-likeness (QED) is 0.848. The topological polar surface area (TPSA) is 38.9 Å². The van der Waals surface area contributed by atoms with Crippen molar-refractivity contribution in [1.29, 1.82) is 0 Å². The van der Waals surface area contributed by atoms with Crippen LogP contribution in [0, 0.1) is 5.82 Å². The van der Waals surface area contributed by atoms with Gasteiger partial charge >= 0.3 is 0 Å². The van der Waals surface area contributed by atoms with Crippen LogP contribution in [0.3, 0.4) is 0 Å². The number of aromatic nitrogens is 1. The van der Waals surface area contributed by atoms with Gasteiger partial charge in [0.15, 0.2) is 0 Å². The smallest absolute Gasteiger partial charge is 0.138 e. The second-order valence-corrected chi connectivity index (χ2v) is 4.83. The van der Waals surface area contributed by atoms with E-state index in [9.17, 15) is 4.39 Å². The van der Waals surface area contributed by atoms with Crippen molar-refractivity contribution in [3.63, 3.8) is 0 Å². The minimum absolute atomic E-state index is 0.266. The number of hydrogen-bond acceptors (Lipinski definition) is 2. The van der Waals surface area contributed by atoms with E-state index in [0.717, 1.165) is 15.6 Å². The normalized spacial score (nSPS) is 10.4. The molecule has 0 amide bonds. The van der Waals surface area contributed by atoms with Crippen molar-refractivity contribution in [3.8, 4) is 11.1 Å². The van der Waals surface area contributed by atoms with E-state index < -0.39 is 0 Å².